The van der Waals surface area contributed by atoms with Gasteiger partial charge in [-0.05, 0) is 53.4 Å². The van der Waals surface area contributed by atoms with E-state index >= 15 is 0 Å². The van der Waals surface area contributed by atoms with Crippen LogP contribution in [-0.2, 0) is 9.53 Å². The molecule has 0 aliphatic carbocycles. The molecule has 0 aromatic carbocycles. The van der Waals surface area contributed by atoms with Crippen LogP contribution in [0.4, 0.5) is 4.79 Å². The van der Waals surface area contributed by atoms with E-state index < -0.39 is 23.4 Å². The minimum absolute atomic E-state index is 0. The van der Waals surface area contributed by atoms with Crippen LogP contribution in [0.2, 0.25) is 0 Å². The summed E-state index contributed by atoms with van der Waals surface area (Å²) in [5.41, 5.74) is -1.13. The van der Waals surface area contributed by atoms with Crippen molar-refractivity contribution in [2.24, 2.45) is 0 Å². The van der Waals surface area contributed by atoms with Crippen molar-refractivity contribution in [3.05, 3.63) is 11.6 Å². The molecule has 2 unspecified atom stereocenters. The number of unbranched alkanes of at least 4 members (excludes halogenated alkanes) is 2. The summed E-state index contributed by atoms with van der Waals surface area (Å²) >= 11 is 0. The summed E-state index contributed by atoms with van der Waals surface area (Å²) in [5, 5.41) is 19.4. The van der Waals surface area contributed by atoms with Gasteiger partial charge in [0.15, 0.2) is 11.3 Å². The summed E-state index contributed by atoms with van der Waals surface area (Å²) in [6.45, 7) is 7.74. The van der Waals surface area contributed by atoms with E-state index in [9.17, 15) is 14.7 Å². The van der Waals surface area contributed by atoms with Gasteiger partial charge >= 0.3 is 41.6 Å². The number of rotatable bonds is 9. The summed E-state index contributed by atoms with van der Waals surface area (Å²) in [5.74, 6) is -0.815. The number of allylic oxidation sites excluding steroid dienone is 2. The van der Waals surface area contributed by atoms with E-state index in [1.165, 1.54) is 10.5 Å². The number of carbonyl (C=O) groups is 2. The minimum Gasteiger partial charge on any atom is -0.481 e. The number of carbonyl (C=O) groups excluding carboxylic acids is 1. The molecule has 6 nitrogen and oxygen atoms in total. The Balaban J connectivity index is 0.00000529. The quantitative estimate of drug-likeness (QED) is 0.355. The topological polar surface area (TPSA) is 87.1 Å². The fraction of sp³-hybridized carbons (Fsp3) is 0.765. The number of hydrogen-bond donors (Lipinski definition) is 2. The van der Waals surface area contributed by atoms with Gasteiger partial charge in [-0.1, -0.05) is 18.1 Å². The fourth-order valence-electron chi connectivity index (χ4n) is 2.76. The maximum atomic E-state index is 12.1. The van der Waals surface area contributed by atoms with Gasteiger partial charge in [-0.15, -0.1) is 0 Å². The van der Waals surface area contributed by atoms with Crippen LogP contribution in [0.1, 0.15) is 66.2 Å². The molecule has 1 aliphatic rings. The number of nitrogens with zero attached hydrogens (tertiary/aromatic N) is 1. The molecule has 132 valence electrons. The summed E-state index contributed by atoms with van der Waals surface area (Å²) in [7, 11) is 0. The summed E-state index contributed by atoms with van der Waals surface area (Å²) < 4.78 is 5.47. The number of carboxylic acids is 1. The van der Waals surface area contributed by atoms with E-state index in [2.05, 4.69) is 6.08 Å². The maximum absolute atomic E-state index is 12.1. The first kappa shape index (κ1) is 23.4. The second-order valence-corrected chi connectivity index (χ2v) is 6.80. The Morgan fingerprint density at radius 1 is 1.25 bits per heavy atom. The first-order valence-electron chi connectivity index (χ1n) is 8.18. The van der Waals surface area contributed by atoms with Crippen LogP contribution >= 0.6 is 0 Å². The monoisotopic (exact) mass is 350 g/mol. The number of aliphatic carboxylic acids is 1. The average molecular weight is 350 g/mol. The Bertz CT molecular complexity index is 474. The first-order valence-corrected chi connectivity index (χ1v) is 8.18. The van der Waals surface area contributed by atoms with Crippen LogP contribution in [0.3, 0.4) is 0 Å². The van der Waals surface area contributed by atoms with Crippen LogP contribution < -0.4 is 29.6 Å². The van der Waals surface area contributed by atoms with Gasteiger partial charge in [-0.3, -0.25) is 9.69 Å². The number of carboxylic acid groups (broad SMARTS) is 1. The van der Waals surface area contributed by atoms with E-state index in [4.69, 9.17) is 9.84 Å². The normalized spacial score (nSPS) is 25.9. The third-order valence-corrected chi connectivity index (χ3v) is 4.51. The zero-order valence-electron chi connectivity index (χ0n) is 15.6. The molecule has 0 aromatic rings. The Hall–Kier alpha value is -0.560. The summed E-state index contributed by atoms with van der Waals surface area (Å²) in [6.07, 6.45) is 4.86. The van der Waals surface area contributed by atoms with Crippen molar-refractivity contribution in [2.45, 2.75) is 77.5 Å². The largest absolute Gasteiger partial charge is 1.00 e. The molecular formula is C17H29NNaO5+. The minimum atomic E-state index is -1.37. The van der Waals surface area contributed by atoms with Crippen molar-refractivity contribution in [1.29, 1.82) is 0 Å². The second kappa shape index (κ2) is 9.80. The van der Waals surface area contributed by atoms with Crippen LogP contribution in [0.15, 0.2) is 11.6 Å². The number of amides is 1. The van der Waals surface area contributed by atoms with E-state index in [0.717, 1.165) is 6.42 Å². The smallest absolute Gasteiger partial charge is 0.481 e. The van der Waals surface area contributed by atoms with Crippen molar-refractivity contribution < 1.29 is 54.1 Å². The van der Waals surface area contributed by atoms with Gasteiger partial charge in [-0.2, -0.15) is 0 Å². The molecule has 1 fully saturated rings. The van der Waals surface area contributed by atoms with Crippen molar-refractivity contribution >= 4 is 12.1 Å². The van der Waals surface area contributed by atoms with Crippen LogP contribution in [-0.4, -0.2) is 45.0 Å². The van der Waals surface area contributed by atoms with Crippen molar-refractivity contribution in [1.82, 2.24) is 4.90 Å². The molecule has 0 aromatic heterocycles. The van der Waals surface area contributed by atoms with Gasteiger partial charge < -0.3 is 14.9 Å². The van der Waals surface area contributed by atoms with Crippen molar-refractivity contribution in [3.8, 4) is 0 Å². The van der Waals surface area contributed by atoms with Crippen molar-refractivity contribution in [2.75, 3.05) is 6.54 Å². The molecular weight excluding hydrogens is 321 g/mol. The van der Waals surface area contributed by atoms with Gasteiger partial charge in [0.25, 0.3) is 0 Å². The first-order chi connectivity index (χ1) is 10.6. The molecule has 0 saturated carbocycles. The predicted molar refractivity (Wildman–Crippen MR) is 87.0 cm³/mol. The standard InChI is InChI=1S/C17H29NO5.Na/c1-13(2)9-8-11-16(3)17(4,22)18(15(21)23-16)12-7-5-6-10-14(19)20;/h9,22H,5-8,10-12H2,1-4H3,(H,19,20);/q;+1. The number of aliphatic hydroxyl groups is 1. The van der Waals surface area contributed by atoms with Crippen LogP contribution in [0, 0.1) is 0 Å². The average Bonchev–Trinajstić information content (AvgIpc) is 2.56. The third-order valence-electron chi connectivity index (χ3n) is 4.51. The zero-order valence-corrected chi connectivity index (χ0v) is 17.6. The van der Waals surface area contributed by atoms with Gasteiger partial charge in [0, 0.05) is 13.0 Å². The summed E-state index contributed by atoms with van der Waals surface area (Å²) in [6, 6.07) is 0. The second-order valence-electron chi connectivity index (χ2n) is 6.80. The van der Waals surface area contributed by atoms with Gasteiger partial charge in [0.05, 0.1) is 0 Å². The molecule has 0 bridgehead atoms. The van der Waals surface area contributed by atoms with Crippen LogP contribution in [0.25, 0.3) is 0 Å². The zero-order chi connectivity index (χ0) is 17.7. The fourth-order valence-corrected chi connectivity index (χ4v) is 2.76. The number of ether oxygens (including phenoxy) is 1. The summed E-state index contributed by atoms with van der Waals surface area (Å²) in [4.78, 5) is 23.9. The Kier molecular flexibility index (Phi) is 9.57. The molecule has 0 spiro atoms. The molecule has 1 amide bonds. The predicted octanol–water partition coefficient (Wildman–Crippen LogP) is 0.301. The Morgan fingerprint density at radius 2 is 1.88 bits per heavy atom. The molecule has 0 radical (unpaired) electrons. The number of hydrogen-bond acceptors (Lipinski definition) is 4. The Morgan fingerprint density at radius 3 is 2.42 bits per heavy atom. The maximum Gasteiger partial charge on any atom is 1.00 e. The molecule has 2 atom stereocenters. The van der Waals surface area contributed by atoms with Gasteiger partial charge in [-0.25, -0.2) is 4.79 Å². The molecule has 24 heavy (non-hydrogen) atoms. The molecule has 7 heteroatoms. The van der Waals surface area contributed by atoms with Gasteiger partial charge in [0.1, 0.15) is 0 Å². The van der Waals surface area contributed by atoms with E-state index in [1.54, 1.807) is 13.8 Å². The van der Waals surface area contributed by atoms with Crippen LogP contribution in [0.5, 0.6) is 0 Å². The molecule has 2 N–H and O–H groups in total. The van der Waals surface area contributed by atoms with E-state index in [-0.39, 0.29) is 36.0 Å². The van der Waals surface area contributed by atoms with E-state index in [1.807, 2.05) is 13.8 Å². The Labute approximate surface area is 166 Å². The van der Waals surface area contributed by atoms with Gasteiger partial charge in [0.2, 0.25) is 0 Å². The molecule has 1 rings (SSSR count). The molecule has 1 heterocycles. The SMILES string of the molecule is CC(C)=CCCC1(C)OC(=O)N(CCCCCC(=O)O)C1(C)O.[Na+]. The third kappa shape index (κ3) is 6.06. The molecule has 1 saturated heterocycles. The van der Waals surface area contributed by atoms with E-state index in [0.29, 0.717) is 32.2 Å². The number of cyclic esters (lactones) is 1. The molecule has 1 aliphatic heterocycles. The van der Waals surface area contributed by atoms with Crippen molar-refractivity contribution in [3.63, 3.8) is 0 Å².